The molecule has 0 atom stereocenters. The normalized spacial score (nSPS) is 10.0. The quantitative estimate of drug-likeness (QED) is 0.621. The molecule has 1 aromatic rings. The molecule has 7 nitrogen and oxygen atoms in total. The van der Waals surface area contributed by atoms with Gasteiger partial charge in [-0.1, -0.05) is 11.6 Å². The van der Waals surface area contributed by atoms with Crippen molar-refractivity contribution in [2.75, 3.05) is 0 Å². The summed E-state index contributed by atoms with van der Waals surface area (Å²) in [6.45, 7) is 1.30. The summed E-state index contributed by atoms with van der Waals surface area (Å²) in [5.41, 5.74) is -1.53. The fraction of sp³-hybridized carbons (Fsp3) is 0.143. The molecular weight excluding hydrogens is 228 g/mol. The summed E-state index contributed by atoms with van der Waals surface area (Å²) in [4.78, 5) is 19.1. The van der Waals surface area contributed by atoms with Crippen molar-refractivity contribution >= 4 is 23.0 Å². The van der Waals surface area contributed by atoms with Gasteiger partial charge in [0.05, 0.1) is 14.9 Å². The number of nitro benzene ring substituents is 2. The Morgan fingerprint density at radius 3 is 2.27 bits per heavy atom. The van der Waals surface area contributed by atoms with Crippen LogP contribution in [-0.4, -0.2) is 15.0 Å². The number of hydrogen-bond acceptors (Lipinski definition) is 5. The van der Waals surface area contributed by atoms with Crippen molar-refractivity contribution in [3.63, 3.8) is 0 Å². The fourth-order valence-electron chi connectivity index (χ4n) is 1.07. The Labute approximate surface area is 88.2 Å². The second-order valence-corrected chi connectivity index (χ2v) is 3.12. The van der Waals surface area contributed by atoms with E-state index in [1.807, 2.05) is 0 Å². The molecule has 0 amide bonds. The van der Waals surface area contributed by atoms with Gasteiger partial charge in [0, 0.05) is 11.6 Å². The van der Waals surface area contributed by atoms with Crippen LogP contribution in [0.5, 0.6) is 5.75 Å². The van der Waals surface area contributed by atoms with Gasteiger partial charge in [-0.15, -0.1) is 0 Å². The highest BCUT2D eigenvalue weighted by molar-refractivity contribution is 6.32. The third kappa shape index (κ3) is 1.82. The molecule has 0 aliphatic heterocycles. The van der Waals surface area contributed by atoms with Gasteiger partial charge in [0.1, 0.15) is 0 Å². The Hall–Kier alpha value is -1.89. The molecule has 0 saturated carbocycles. The van der Waals surface area contributed by atoms with Crippen LogP contribution in [0.1, 0.15) is 5.56 Å². The van der Waals surface area contributed by atoms with Gasteiger partial charge in [-0.3, -0.25) is 20.2 Å². The van der Waals surface area contributed by atoms with Crippen molar-refractivity contribution in [3.05, 3.63) is 36.9 Å². The third-order valence-electron chi connectivity index (χ3n) is 1.82. The van der Waals surface area contributed by atoms with Crippen LogP contribution in [0.2, 0.25) is 5.02 Å². The van der Waals surface area contributed by atoms with E-state index in [-0.39, 0.29) is 10.6 Å². The zero-order valence-corrected chi connectivity index (χ0v) is 8.19. The lowest BCUT2D eigenvalue weighted by atomic mass is 10.1. The zero-order valence-electron chi connectivity index (χ0n) is 7.43. The van der Waals surface area contributed by atoms with Crippen molar-refractivity contribution in [1.29, 1.82) is 0 Å². The number of halogens is 1. The van der Waals surface area contributed by atoms with Crippen LogP contribution < -0.4 is 0 Å². The molecule has 0 spiro atoms. The molecule has 0 bridgehead atoms. The number of phenols is 1. The Bertz CT molecular complexity index is 459. The molecule has 0 saturated heterocycles. The lowest BCUT2D eigenvalue weighted by molar-refractivity contribution is -0.396. The first-order valence-corrected chi connectivity index (χ1v) is 4.05. The summed E-state index contributed by atoms with van der Waals surface area (Å²) < 4.78 is 0. The maximum atomic E-state index is 10.5. The van der Waals surface area contributed by atoms with Crippen LogP contribution in [0.3, 0.4) is 0 Å². The average Bonchev–Trinajstić information content (AvgIpc) is 2.10. The largest absolute Gasteiger partial charge is 0.497 e. The summed E-state index contributed by atoms with van der Waals surface area (Å²) in [6.07, 6.45) is 0. The number of phenolic OH excluding ortho intramolecular Hbond substituents is 1. The van der Waals surface area contributed by atoms with Crippen molar-refractivity contribution in [2.45, 2.75) is 6.92 Å². The minimum absolute atomic E-state index is 0.00948. The van der Waals surface area contributed by atoms with E-state index in [0.29, 0.717) is 0 Å². The maximum Gasteiger partial charge on any atom is 0.322 e. The Kier molecular flexibility index (Phi) is 2.76. The number of nitro groups is 2. The van der Waals surface area contributed by atoms with Gasteiger partial charge in [-0.25, -0.2) is 0 Å². The Balaban J connectivity index is 3.63. The molecule has 15 heavy (non-hydrogen) atoms. The summed E-state index contributed by atoms with van der Waals surface area (Å²) >= 11 is 5.56. The van der Waals surface area contributed by atoms with E-state index >= 15 is 0 Å². The monoisotopic (exact) mass is 232 g/mol. The van der Waals surface area contributed by atoms with E-state index in [2.05, 4.69) is 0 Å². The van der Waals surface area contributed by atoms with E-state index in [1.54, 1.807) is 0 Å². The molecule has 0 aliphatic carbocycles. The summed E-state index contributed by atoms with van der Waals surface area (Å²) in [7, 11) is 0. The van der Waals surface area contributed by atoms with Gasteiger partial charge in [-0.05, 0) is 6.92 Å². The van der Waals surface area contributed by atoms with Gasteiger partial charge in [-0.2, -0.15) is 0 Å². The number of nitrogens with zero attached hydrogens (tertiary/aromatic N) is 2. The van der Waals surface area contributed by atoms with Gasteiger partial charge < -0.3 is 5.11 Å². The van der Waals surface area contributed by atoms with Crippen LogP contribution in [-0.2, 0) is 0 Å². The highest BCUT2D eigenvalue weighted by Crippen LogP contribution is 2.41. The van der Waals surface area contributed by atoms with E-state index in [0.717, 1.165) is 6.07 Å². The van der Waals surface area contributed by atoms with Crippen LogP contribution in [0.25, 0.3) is 0 Å². The Morgan fingerprint density at radius 1 is 1.33 bits per heavy atom. The van der Waals surface area contributed by atoms with Gasteiger partial charge in [0.15, 0.2) is 0 Å². The molecule has 1 rings (SSSR count). The van der Waals surface area contributed by atoms with E-state index in [4.69, 9.17) is 11.6 Å². The molecule has 0 aromatic heterocycles. The van der Waals surface area contributed by atoms with Gasteiger partial charge in [0.2, 0.25) is 0 Å². The van der Waals surface area contributed by atoms with Crippen molar-refractivity contribution in [1.82, 2.24) is 0 Å². The maximum absolute atomic E-state index is 10.5. The molecule has 0 radical (unpaired) electrons. The lowest BCUT2D eigenvalue weighted by Gasteiger charge is -2.02. The minimum atomic E-state index is -0.980. The first-order valence-electron chi connectivity index (χ1n) is 3.67. The smallest absolute Gasteiger partial charge is 0.322 e. The highest BCUT2D eigenvalue weighted by Gasteiger charge is 2.29. The van der Waals surface area contributed by atoms with Crippen LogP contribution >= 0.6 is 11.6 Å². The van der Waals surface area contributed by atoms with E-state index < -0.39 is 27.0 Å². The number of hydrogen-bond donors (Lipinski definition) is 1. The van der Waals surface area contributed by atoms with E-state index in [9.17, 15) is 25.3 Å². The standard InChI is InChI=1S/C7H5ClN2O5/c1-3-4(8)2-5(9(12)13)7(11)6(3)10(14)15/h2,11H,1H3. The van der Waals surface area contributed by atoms with Crippen molar-refractivity contribution in [3.8, 4) is 5.75 Å². The first kappa shape index (κ1) is 11.2. The Morgan fingerprint density at radius 2 is 1.87 bits per heavy atom. The van der Waals surface area contributed by atoms with E-state index in [1.165, 1.54) is 6.92 Å². The minimum Gasteiger partial charge on any atom is -0.497 e. The summed E-state index contributed by atoms with van der Waals surface area (Å²) in [5, 5.41) is 30.1. The van der Waals surface area contributed by atoms with Crippen molar-refractivity contribution in [2.24, 2.45) is 0 Å². The predicted octanol–water partition coefficient (Wildman–Crippen LogP) is 2.17. The molecule has 1 aromatic carbocycles. The molecule has 1 N–H and O–H groups in total. The molecule has 80 valence electrons. The predicted molar refractivity (Wildman–Crippen MR) is 51.2 cm³/mol. The van der Waals surface area contributed by atoms with Crippen LogP contribution in [0.15, 0.2) is 6.07 Å². The molecule has 8 heteroatoms. The number of rotatable bonds is 2. The zero-order chi connectivity index (χ0) is 11.7. The third-order valence-corrected chi connectivity index (χ3v) is 2.22. The van der Waals surface area contributed by atoms with Crippen LogP contribution in [0.4, 0.5) is 11.4 Å². The fourth-order valence-corrected chi connectivity index (χ4v) is 1.26. The van der Waals surface area contributed by atoms with Gasteiger partial charge >= 0.3 is 11.4 Å². The SMILES string of the molecule is Cc1c(Cl)cc([N+](=O)[O-])c(O)c1[N+](=O)[O-]. The molecule has 0 unspecified atom stereocenters. The van der Waals surface area contributed by atoms with Crippen LogP contribution in [0, 0.1) is 27.2 Å². The molecular formula is C7H5ClN2O5. The second kappa shape index (κ2) is 3.70. The number of aromatic hydroxyl groups is 1. The first-order chi connectivity index (χ1) is 6.86. The number of benzene rings is 1. The molecule has 0 aliphatic rings. The van der Waals surface area contributed by atoms with Gasteiger partial charge in [0.25, 0.3) is 5.75 Å². The second-order valence-electron chi connectivity index (χ2n) is 2.71. The summed E-state index contributed by atoms with van der Waals surface area (Å²) in [6, 6.07) is 0.874. The van der Waals surface area contributed by atoms with Crippen molar-refractivity contribution < 1.29 is 15.0 Å². The highest BCUT2D eigenvalue weighted by atomic mass is 35.5. The lowest BCUT2D eigenvalue weighted by Crippen LogP contribution is -1.97. The topological polar surface area (TPSA) is 107 Å². The average molecular weight is 233 g/mol. The molecule has 0 heterocycles. The molecule has 0 fully saturated rings. The summed E-state index contributed by atoms with van der Waals surface area (Å²) in [5.74, 6) is -0.980.